The van der Waals surface area contributed by atoms with Crippen LogP contribution in [0.5, 0.6) is 0 Å². The second kappa shape index (κ2) is 8.70. The third-order valence-electron chi connectivity index (χ3n) is 6.92. The summed E-state index contributed by atoms with van der Waals surface area (Å²) in [6.45, 7) is 6.15. The van der Waals surface area contributed by atoms with Gasteiger partial charge in [-0.1, -0.05) is 25.3 Å². The van der Waals surface area contributed by atoms with Crippen LogP contribution in [0.25, 0.3) is 10.2 Å². The molecule has 29 heavy (non-hydrogen) atoms. The van der Waals surface area contributed by atoms with E-state index in [1.807, 2.05) is 17.2 Å². The number of hydrogen-bond donors (Lipinski definition) is 0. The lowest BCUT2D eigenvalue weighted by molar-refractivity contribution is 0.0305. The predicted octanol–water partition coefficient (Wildman–Crippen LogP) is 4.14. The van der Waals surface area contributed by atoms with Crippen LogP contribution < -0.4 is 0 Å². The maximum Gasteiger partial charge on any atom is 0.264 e. The van der Waals surface area contributed by atoms with Gasteiger partial charge < -0.3 is 14.5 Å². The van der Waals surface area contributed by atoms with E-state index in [1.165, 1.54) is 49.6 Å². The first kappa shape index (κ1) is 19.5. The van der Waals surface area contributed by atoms with Crippen molar-refractivity contribution in [3.05, 3.63) is 28.8 Å². The van der Waals surface area contributed by atoms with E-state index in [9.17, 15) is 4.79 Å². The molecule has 2 aromatic rings. The minimum Gasteiger partial charge on any atom is -0.378 e. The van der Waals surface area contributed by atoms with Crippen LogP contribution >= 0.6 is 11.3 Å². The van der Waals surface area contributed by atoms with Gasteiger partial charge in [0.05, 0.1) is 18.1 Å². The van der Waals surface area contributed by atoms with Crippen molar-refractivity contribution in [3.63, 3.8) is 0 Å². The number of amides is 1. The van der Waals surface area contributed by atoms with Crippen molar-refractivity contribution in [3.8, 4) is 0 Å². The number of carbonyl (C=O) groups is 1. The molecule has 0 spiro atoms. The van der Waals surface area contributed by atoms with Gasteiger partial charge in [0.25, 0.3) is 5.91 Å². The summed E-state index contributed by atoms with van der Waals surface area (Å²) in [7, 11) is 0. The van der Waals surface area contributed by atoms with Crippen LogP contribution in [0.2, 0.25) is 0 Å². The molecule has 6 heteroatoms. The maximum absolute atomic E-state index is 13.4. The average Bonchev–Trinajstić information content (AvgIpc) is 3.38. The molecule has 0 aromatic carbocycles. The van der Waals surface area contributed by atoms with E-state index in [0.717, 1.165) is 35.1 Å². The van der Waals surface area contributed by atoms with E-state index in [4.69, 9.17) is 4.74 Å². The van der Waals surface area contributed by atoms with Crippen molar-refractivity contribution >= 4 is 27.5 Å². The zero-order chi connectivity index (χ0) is 19.6. The molecule has 1 atom stereocenters. The third-order valence-corrected chi connectivity index (χ3v) is 8.04. The van der Waals surface area contributed by atoms with Gasteiger partial charge in [-0.15, -0.1) is 11.3 Å². The van der Waals surface area contributed by atoms with E-state index in [1.54, 1.807) is 11.3 Å². The number of thiophene rings is 1. The smallest absolute Gasteiger partial charge is 0.264 e. The van der Waals surface area contributed by atoms with Crippen LogP contribution in [0.3, 0.4) is 0 Å². The highest BCUT2D eigenvalue weighted by molar-refractivity contribution is 7.20. The number of carbonyl (C=O) groups excluding carboxylic acids is 1. The molecule has 2 saturated heterocycles. The second-order valence-corrected chi connectivity index (χ2v) is 9.85. The lowest BCUT2D eigenvalue weighted by Crippen LogP contribution is -2.40. The maximum atomic E-state index is 13.4. The Kier molecular flexibility index (Phi) is 5.84. The van der Waals surface area contributed by atoms with Gasteiger partial charge in [0.2, 0.25) is 0 Å². The van der Waals surface area contributed by atoms with Crippen LogP contribution in [0.1, 0.15) is 59.7 Å². The summed E-state index contributed by atoms with van der Waals surface area (Å²) in [5, 5.41) is 1.19. The SMILES string of the molecule is O=C(c1sc2ncccc2c1[C@@H]1CCN(CC2CCCCC2)C1)N1CCOCC1. The Balaban J connectivity index is 1.39. The molecule has 0 unspecified atom stereocenters. The standard InChI is InChI=1S/C23H31N3O2S/c27-23(26-11-13-28-14-12-26)21-20(19-7-4-9-24-22(19)29-21)18-8-10-25(16-18)15-17-5-2-1-3-6-17/h4,7,9,17-18H,1-3,5-6,8,10-16H2/t18-/m1/s1. The fraction of sp³-hybridized carbons (Fsp3) is 0.652. The van der Waals surface area contributed by atoms with Crippen molar-refractivity contribution < 1.29 is 9.53 Å². The second-order valence-electron chi connectivity index (χ2n) is 8.85. The minimum absolute atomic E-state index is 0.178. The van der Waals surface area contributed by atoms with Crippen LogP contribution in [0.15, 0.2) is 18.3 Å². The molecule has 2 aliphatic heterocycles. The molecule has 156 valence electrons. The fourth-order valence-electron chi connectivity index (χ4n) is 5.39. The fourth-order valence-corrected chi connectivity index (χ4v) is 6.59. The molecular formula is C23H31N3O2S. The molecule has 1 amide bonds. The van der Waals surface area contributed by atoms with Crippen LogP contribution in [0.4, 0.5) is 0 Å². The van der Waals surface area contributed by atoms with Crippen LogP contribution in [-0.2, 0) is 4.74 Å². The number of likely N-dealkylation sites (tertiary alicyclic amines) is 1. The van der Waals surface area contributed by atoms with E-state index in [2.05, 4.69) is 16.0 Å². The van der Waals surface area contributed by atoms with Gasteiger partial charge in [-0.3, -0.25) is 4.79 Å². The number of ether oxygens (including phenoxy) is 1. The zero-order valence-electron chi connectivity index (χ0n) is 17.1. The van der Waals surface area contributed by atoms with E-state index in [-0.39, 0.29) is 5.91 Å². The van der Waals surface area contributed by atoms with Gasteiger partial charge in [-0.05, 0) is 43.4 Å². The molecule has 5 rings (SSSR count). The summed E-state index contributed by atoms with van der Waals surface area (Å²) in [6, 6.07) is 4.17. The number of fused-ring (bicyclic) bond motifs is 1. The van der Waals surface area contributed by atoms with E-state index < -0.39 is 0 Å². The Bertz CT molecular complexity index is 855. The highest BCUT2D eigenvalue weighted by Crippen LogP contribution is 2.40. The highest BCUT2D eigenvalue weighted by atomic mass is 32.1. The molecule has 4 heterocycles. The summed E-state index contributed by atoms with van der Waals surface area (Å²) < 4.78 is 5.45. The van der Waals surface area contributed by atoms with Gasteiger partial charge in [-0.2, -0.15) is 0 Å². The lowest BCUT2D eigenvalue weighted by Gasteiger charge is -2.28. The topological polar surface area (TPSA) is 45.7 Å². The number of pyridine rings is 1. The number of aromatic nitrogens is 1. The molecule has 0 N–H and O–H groups in total. The molecule has 0 radical (unpaired) electrons. The summed E-state index contributed by atoms with van der Waals surface area (Å²) in [5.74, 6) is 1.49. The highest BCUT2D eigenvalue weighted by Gasteiger charge is 2.33. The third kappa shape index (κ3) is 4.07. The van der Waals surface area contributed by atoms with Crippen molar-refractivity contribution in [1.29, 1.82) is 0 Å². The number of nitrogens with zero attached hydrogens (tertiary/aromatic N) is 3. The van der Waals surface area contributed by atoms with Crippen LogP contribution in [-0.4, -0.2) is 66.6 Å². The van der Waals surface area contributed by atoms with Gasteiger partial charge >= 0.3 is 0 Å². The lowest BCUT2D eigenvalue weighted by atomic mass is 9.89. The van der Waals surface area contributed by atoms with Crippen molar-refractivity contribution in [1.82, 2.24) is 14.8 Å². The van der Waals surface area contributed by atoms with E-state index in [0.29, 0.717) is 32.2 Å². The monoisotopic (exact) mass is 413 g/mol. The summed E-state index contributed by atoms with van der Waals surface area (Å²) in [6.07, 6.45) is 10.0. The van der Waals surface area contributed by atoms with Gasteiger partial charge in [0.15, 0.2) is 0 Å². The Labute approximate surface area is 177 Å². The van der Waals surface area contributed by atoms with Gasteiger partial charge in [0, 0.05) is 43.7 Å². The largest absolute Gasteiger partial charge is 0.378 e. The molecule has 1 aliphatic carbocycles. The van der Waals surface area contributed by atoms with Gasteiger partial charge in [-0.25, -0.2) is 4.98 Å². The number of hydrogen-bond acceptors (Lipinski definition) is 5. The minimum atomic E-state index is 0.178. The summed E-state index contributed by atoms with van der Waals surface area (Å²) in [4.78, 5) is 24.5. The first-order valence-electron chi connectivity index (χ1n) is 11.3. The summed E-state index contributed by atoms with van der Waals surface area (Å²) >= 11 is 1.59. The Morgan fingerprint density at radius 2 is 1.97 bits per heavy atom. The molecule has 0 bridgehead atoms. The molecule has 2 aromatic heterocycles. The Hall–Kier alpha value is -1.50. The molecule has 3 aliphatic rings. The molecular weight excluding hydrogens is 382 g/mol. The zero-order valence-corrected chi connectivity index (χ0v) is 18.0. The number of morpholine rings is 1. The normalized spacial score (nSPS) is 24.4. The van der Waals surface area contributed by atoms with Crippen molar-refractivity contribution in [2.75, 3.05) is 45.9 Å². The quantitative estimate of drug-likeness (QED) is 0.756. The number of rotatable bonds is 4. The van der Waals surface area contributed by atoms with Crippen molar-refractivity contribution in [2.45, 2.75) is 44.4 Å². The molecule has 3 fully saturated rings. The van der Waals surface area contributed by atoms with Crippen LogP contribution in [0, 0.1) is 5.92 Å². The Morgan fingerprint density at radius 1 is 1.14 bits per heavy atom. The first-order chi connectivity index (χ1) is 14.3. The van der Waals surface area contributed by atoms with Crippen molar-refractivity contribution in [2.24, 2.45) is 5.92 Å². The predicted molar refractivity (Wildman–Crippen MR) is 117 cm³/mol. The average molecular weight is 414 g/mol. The Morgan fingerprint density at radius 3 is 2.79 bits per heavy atom. The summed E-state index contributed by atoms with van der Waals surface area (Å²) in [5.41, 5.74) is 1.26. The molecule has 5 nitrogen and oxygen atoms in total. The van der Waals surface area contributed by atoms with E-state index >= 15 is 0 Å². The molecule has 1 saturated carbocycles. The van der Waals surface area contributed by atoms with Gasteiger partial charge in [0.1, 0.15) is 4.83 Å². The first-order valence-corrected chi connectivity index (χ1v) is 12.1.